The summed E-state index contributed by atoms with van der Waals surface area (Å²) >= 11 is 0. The summed E-state index contributed by atoms with van der Waals surface area (Å²) in [5.74, 6) is 1.36. The van der Waals surface area contributed by atoms with Crippen molar-refractivity contribution < 1.29 is 4.52 Å². The van der Waals surface area contributed by atoms with E-state index in [1.54, 1.807) is 10.9 Å². The number of nitrogen functional groups attached to an aromatic ring is 1. The van der Waals surface area contributed by atoms with Gasteiger partial charge in [0.2, 0.25) is 5.82 Å². The van der Waals surface area contributed by atoms with Crippen LogP contribution in [0.1, 0.15) is 12.0 Å². The molecule has 1 fully saturated rings. The van der Waals surface area contributed by atoms with Gasteiger partial charge in [0, 0.05) is 12.1 Å². The van der Waals surface area contributed by atoms with E-state index < -0.39 is 0 Å². The Morgan fingerprint density at radius 3 is 2.50 bits per heavy atom. The third-order valence-corrected chi connectivity index (χ3v) is 5.03. The molecule has 0 bridgehead atoms. The number of aromatic nitrogens is 4. The van der Waals surface area contributed by atoms with Crippen molar-refractivity contribution in [3.05, 3.63) is 66.4 Å². The summed E-state index contributed by atoms with van der Waals surface area (Å²) in [6, 6.07) is 18.0. The Labute approximate surface area is 162 Å². The quantitative estimate of drug-likeness (QED) is 0.578. The molecule has 7 nitrogen and oxygen atoms in total. The van der Waals surface area contributed by atoms with Crippen molar-refractivity contribution >= 4 is 5.82 Å². The Morgan fingerprint density at radius 2 is 1.79 bits per heavy atom. The van der Waals surface area contributed by atoms with Gasteiger partial charge in [-0.05, 0) is 37.2 Å². The number of anilines is 1. The molecule has 7 heteroatoms. The fourth-order valence-corrected chi connectivity index (χ4v) is 3.31. The van der Waals surface area contributed by atoms with Crippen LogP contribution in [0.2, 0.25) is 0 Å². The summed E-state index contributed by atoms with van der Waals surface area (Å²) in [6.45, 7) is 3.37. The Hall–Kier alpha value is -3.45. The molecule has 1 saturated heterocycles. The van der Waals surface area contributed by atoms with Gasteiger partial charge in [-0.1, -0.05) is 47.6 Å². The van der Waals surface area contributed by atoms with Crippen LogP contribution in [0.4, 0.5) is 5.82 Å². The zero-order valence-corrected chi connectivity index (χ0v) is 15.3. The molecule has 140 valence electrons. The van der Waals surface area contributed by atoms with Crippen LogP contribution < -0.4 is 5.73 Å². The highest BCUT2D eigenvalue weighted by atomic mass is 16.5. The molecular formula is C21H20N6O. The fourth-order valence-electron chi connectivity index (χ4n) is 3.31. The van der Waals surface area contributed by atoms with Crippen LogP contribution in [-0.4, -0.2) is 37.9 Å². The first-order chi connectivity index (χ1) is 13.8. The minimum atomic E-state index is 0.360. The Morgan fingerprint density at radius 1 is 1.00 bits per heavy atom. The largest absolute Gasteiger partial charge is 0.383 e. The van der Waals surface area contributed by atoms with Gasteiger partial charge in [-0.15, -0.1) is 0 Å². The van der Waals surface area contributed by atoms with Gasteiger partial charge in [-0.2, -0.15) is 10.1 Å². The lowest BCUT2D eigenvalue weighted by Crippen LogP contribution is -2.36. The Balaban J connectivity index is 1.38. The van der Waals surface area contributed by atoms with Crippen molar-refractivity contribution in [1.82, 2.24) is 24.8 Å². The highest BCUT2D eigenvalue weighted by Crippen LogP contribution is 2.28. The molecule has 0 amide bonds. The second-order valence-corrected chi connectivity index (χ2v) is 6.94. The standard InChI is InChI=1S/C21H20N6O/c22-19-18(13-23-27(19)17-5-2-1-3-6-17)21-24-20(25-28-21)16-9-7-15(8-10-16)14-26-11-4-12-26/h1-3,5-10,13H,4,11-12,14,22H2. The lowest BCUT2D eigenvalue weighted by atomic mass is 10.1. The molecule has 2 N–H and O–H groups in total. The molecular weight excluding hydrogens is 352 g/mol. The van der Waals surface area contributed by atoms with Crippen LogP contribution in [0.15, 0.2) is 65.3 Å². The monoisotopic (exact) mass is 372 g/mol. The van der Waals surface area contributed by atoms with E-state index in [2.05, 4.69) is 32.3 Å². The molecule has 0 spiro atoms. The molecule has 4 aromatic rings. The Bertz CT molecular complexity index is 1080. The van der Waals surface area contributed by atoms with Crippen LogP contribution in [0, 0.1) is 0 Å². The number of likely N-dealkylation sites (tertiary alicyclic amines) is 1. The van der Waals surface area contributed by atoms with E-state index >= 15 is 0 Å². The number of hydrogen-bond acceptors (Lipinski definition) is 6. The van der Waals surface area contributed by atoms with Gasteiger partial charge < -0.3 is 10.3 Å². The molecule has 1 aliphatic rings. The molecule has 3 heterocycles. The molecule has 0 aliphatic carbocycles. The summed E-state index contributed by atoms with van der Waals surface area (Å²) in [5.41, 5.74) is 9.97. The number of rotatable bonds is 5. The van der Waals surface area contributed by atoms with Crippen molar-refractivity contribution in [1.29, 1.82) is 0 Å². The average molecular weight is 372 g/mol. The second-order valence-electron chi connectivity index (χ2n) is 6.94. The normalized spacial score (nSPS) is 14.1. The topological polar surface area (TPSA) is 86.0 Å². The van der Waals surface area contributed by atoms with Crippen LogP contribution in [0.3, 0.4) is 0 Å². The van der Waals surface area contributed by atoms with E-state index in [1.807, 2.05) is 42.5 Å². The fraction of sp³-hybridized carbons (Fsp3) is 0.190. The highest BCUT2D eigenvalue weighted by molar-refractivity contribution is 5.70. The van der Waals surface area contributed by atoms with Gasteiger partial charge >= 0.3 is 0 Å². The maximum atomic E-state index is 6.27. The predicted molar refractivity (Wildman–Crippen MR) is 107 cm³/mol. The van der Waals surface area contributed by atoms with E-state index in [0.717, 1.165) is 17.8 Å². The number of nitrogens with zero attached hydrogens (tertiary/aromatic N) is 5. The number of para-hydroxylation sites is 1. The first-order valence-electron chi connectivity index (χ1n) is 9.32. The van der Waals surface area contributed by atoms with Crippen molar-refractivity contribution in [2.75, 3.05) is 18.8 Å². The molecule has 0 saturated carbocycles. The Kier molecular flexibility index (Phi) is 4.14. The summed E-state index contributed by atoms with van der Waals surface area (Å²) in [4.78, 5) is 6.94. The van der Waals surface area contributed by atoms with E-state index in [1.165, 1.54) is 25.1 Å². The molecule has 2 aromatic carbocycles. The van der Waals surface area contributed by atoms with Gasteiger partial charge in [-0.25, -0.2) is 4.68 Å². The van der Waals surface area contributed by atoms with Crippen LogP contribution in [-0.2, 0) is 6.54 Å². The molecule has 28 heavy (non-hydrogen) atoms. The number of benzene rings is 2. The number of hydrogen-bond donors (Lipinski definition) is 1. The van der Waals surface area contributed by atoms with Crippen molar-refractivity contribution in [3.63, 3.8) is 0 Å². The highest BCUT2D eigenvalue weighted by Gasteiger charge is 2.18. The zero-order chi connectivity index (χ0) is 18.9. The first-order valence-corrected chi connectivity index (χ1v) is 9.32. The molecule has 1 aliphatic heterocycles. The van der Waals surface area contributed by atoms with Crippen LogP contribution in [0.5, 0.6) is 0 Å². The van der Waals surface area contributed by atoms with Gasteiger partial charge in [0.05, 0.1) is 11.9 Å². The average Bonchev–Trinajstić information content (AvgIpc) is 3.33. The lowest BCUT2D eigenvalue weighted by Gasteiger charge is -2.30. The van der Waals surface area contributed by atoms with E-state index in [9.17, 15) is 0 Å². The van der Waals surface area contributed by atoms with Crippen molar-refractivity contribution in [3.8, 4) is 28.5 Å². The molecule has 2 aromatic heterocycles. The summed E-state index contributed by atoms with van der Waals surface area (Å²) < 4.78 is 7.11. The van der Waals surface area contributed by atoms with Crippen LogP contribution >= 0.6 is 0 Å². The minimum absolute atomic E-state index is 0.360. The first kappa shape index (κ1) is 16.7. The van der Waals surface area contributed by atoms with Gasteiger partial charge in [-0.3, -0.25) is 4.90 Å². The maximum Gasteiger partial charge on any atom is 0.263 e. The van der Waals surface area contributed by atoms with E-state index in [-0.39, 0.29) is 0 Å². The van der Waals surface area contributed by atoms with Gasteiger partial charge in [0.1, 0.15) is 11.4 Å². The third-order valence-electron chi connectivity index (χ3n) is 5.03. The van der Waals surface area contributed by atoms with Gasteiger partial charge in [0.25, 0.3) is 5.89 Å². The molecule has 5 rings (SSSR count). The minimum Gasteiger partial charge on any atom is -0.383 e. The maximum absolute atomic E-state index is 6.27. The number of nitrogens with two attached hydrogens (primary N) is 1. The smallest absolute Gasteiger partial charge is 0.263 e. The van der Waals surface area contributed by atoms with Gasteiger partial charge in [0.15, 0.2) is 0 Å². The molecule has 0 unspecified atom stereocenters. The second kappa shape index (κ2) is 6.94. The lowest BCUT2D eigenvalue weighted by molar-refractivity contribution is 0.172. The third kappa shape index (κ3) is 3.05. The summed E-state index contributed by atoms with van der Waals surface area (Å²) in [7, 11) is 0. The van der Waals surface area contributed by atoms with E-state index in [4.69, 9.17) is 10.3 Å². The zero-order valence-electron chi connectivity index (χ0n) is 15.3. The summed E-state index contributed by atoms with van der Waals surface area (Å²) in [6.07, 6.45) is 2.95. The summed E-state index contributed by atoms with van der Waals surface area (Å²) in [5, 5.41) is 8.47. The van der Waals surface area contributed by atoms with E-state index in [0.29, 0.717) is 23.1 Å². The van der Waals surface area contributed by atoms with Crippen molar-refractivity contribution in [2.24, 2.45) is 0 Å². The van der Waals surface area contributed by atoms with Crippen LogP contribution in [0.25, 0.3) is 28.5 Å². The molecule has 0 radical (unpaired) electrons. The SMILES string of the molecule is Nc1c(-c2nc(-c3ccc(CN4CCC4)cc3)no2)cnn1-c1ccccc1. The molecule has 0 atom stereocenters. The van der Waals surface area contributed by atoms with Crippen molar-refractivity contribution in [2.45, 2.75) is 13.0 Å². The predicted octanol–water partition coefficient (Wildman–Crippen LogP) is 3.38.